The molecule has 1 heteroatoms. The Morgan fingerprint density at radius 1 is 1.36 bits per heavy atom. The van der Waals surface area contributed by atoms with Crippen molar-refractivity contribution < 1.29 is 21.1 Å². The molecule has 0 spiro atoms. The van der Waals surface area contributed by atoms with Gasteiger partial charge in [-0.3, -0.25) is 0 Å². The maximum Gasteiger partial charge on any atom is 0 e. The summed E-state index contributed by atoms with van der Waals surface area (Å²) in [7, 11) is 0. The minimum atomic E-state index is 0. The van der Waals surface area contributed by atoms with E-state index in [1.54, 1.807) is 11.1 Å². The number of hydrogen-bond acceptors (Lipinski definition) is 0. The van der Waals surface area contributed by atoms with Gasteiger partial charge in [0, 0.05) is 21.1 Å². The third-order valence-electron chi connectivity index (χ3n) is 3.63. The van der Waals surface area contributed by atoms with Crippen LogP contribution in [0.2, 0.25) is 0 Å². The Balaban J connectivity index is 0.000000605. The van der Waals surface area contributed by atoms with Gasteiger partial charge in [-0.15, -0.1) is 0 Å². The van der Waals surface area contributed by atoms with E-state index >= 15 is 0 Å². The molecule has 0 heterocycles. The number of allylic oxidation sites excluding steroid dienone is 2. The Morgan fingerprint density at radius 3 is 2.27 bits per heavy atom. The zero-order chi connectivity index (χ0) is 7.35. The van der Waals surface area contributed by atoms with Crippen LogP contribution < -0.4 is 0 Å². The second-order valence-electron chi connectivity index (χ2n) is 4.42. The summed E-state index contributed by atoms with van der Waals surface area (Å²) in [5.74, 6) is 1.02. The van der Waals surface area contributed by atoms with Gasteiger partial charge < -0.3 is 0 Å². The molecule has 0 nitrogen and oxygen atoms in total. The van der Waals surface area contributed by atoms with Crippen LogP contribution in [0.25, 0.3) is 0 Å². The van der Waals surface area contributed by atoms with Gasteiger partial charge in [-0.25, -0.2) is 0 Å². The zero-order valence-corrected chi connectivity index (χ0v) is 10.5. The first-order valence-corrected chi connectivity index (χ1v) is 4.31. The maximum atomic E-state index is 2.40. The third-order valence-corrected chi connectivity index (χ3v) is 3.63. The van der Waals surface area contributed by atoms with Crippen molar-refractivity contribution in [3.8, 4) is 0 Å². The Hall–Kier alpha value is 0.428. The second-order valence-corrected chi connectivity index (χ2v) is 4.42. The van der Waals surface area contributed by atoms with Gasteiger partial charge in [0.2, 0.25) is 0 Å². The van der Waals surface area contributed by atoms with Crippen molar-refractivity contribution in [2.45, 2.75) is 40.0 Å². The minimum Gasteiger partial charge on any atom is -0.0735 e. The first-order valence-electron chi connectivity index (χ1n) is 4.31. The van der Waals surface area contributed by atoms with Crippen molar-refractivity contribution in [3.05, 3.63) is 11.1 Å². The predicted molar refractivity (Wildman–Crippen MR) is 43.8 cm³/mol. The molecular formula is C10H16W. The molecule has 0 aromatic heterocycles. The molecule has 0 saturated heterocycles. The normalized spacial score (nSPS) is 32.5. The van der Waals surface area contributed by atoms with Crippen molar-refractivity contribution in [2.75, 3.05) is 0 Å². The average molecular weight is 320 g/mol. The SMILES string of the molecule is CC1=C2CC(CC1)C2(C)C.[W]. The van der Waals surface area contributed by atoms with Gasteiger partial charge in [0.25, 0.3) is 0 Å². The van der Waals surface area contributed by atoms with Gasteiger partial charge in [-0.2, -0.15) is 0 Å². The van der Waals surface area contributed by atoms with Crippen LogP contribution in [0.15, 0.2) is 11.1 Å². The van der Waals surface area contributed by atoms with E-state index in [4.69, 9.17) is 0 Å². The minimum absolute atomic E-state index is 0. The van der Waals surface area contributed by atoms with Crippen LogP contribution in [0.5, 0.6) is 0 Å². The molecule has 0 radical (unpaired) electrons. The van der Waals surface area contributed by atoms with E-state index in [2.05, 4.69) is 20.8 Å². The summed E-state index contributed by atoms with van der Waals surface area (Å²) in [6.07, 6.45) is 4.24. The Kier molecular flexibility index (Phi) is 2.36. The molecule has 1 saturated carbocycles. The second kappa shape index (κ2) is 2.73. The van der Waals surface area contributed by atoms with Gasteiger partial charge in [0.15, 0.2) is 0 Å². The number of rotatable bonds is 0. The van der Waals surface area contributed by atoms with E-state index in [1.165, 1.54) is 19.3 Å². The fourth-order valence-electron chi connectivity index (χ4n) is 2.61. The molecule has 0 N–H and O–H groups in total. The Morgan fingerprint density at radius 2 is 2.00 bits per heavy atom. The smallest absolute Gasteiger partial charge is 0 e. The van der Waals surface area contributed by atoms with Crippen molar-refractivity contribution >= 4 is 0 Å². The molecule has 1 fully saturated rings. The van der Waals surface area contributed by atoms with Gasteiger partial charge >= 0.3 is 0 Å². The quantitative estimate of drug-likeness (QED) is 0.602. The first kappa shape index (κ1) is 9.52. The van der Waals surface area contributed by atoms with Gasteiger partial charge in [-0.05, 0) is 37.5 Å². The van der Waals surface area contributed by atoms with Crippen molar-refractivity contribution in [3.63, 3.8) is 0 Å². The standard InChI is InChI=1S/C10H16.W/c1-7-4-5-8-6-9(7)10(8,2)3;/h8H,4-6H2,1-3H3;. The summed E-state index contributed by atoms with van der Waals surface area (Å²) in [6, 6.07) is 0. The fraction of sp³-hybridized carbons (Fsp3) is 0.800. The Labute approximate surface area is 83.7 Å². The van der Waals surface area contributed by atoms with E-state index in [-0.39, 0.29) is 21.1 Å². The zero-order valence-electron chi connectivity index (χ0n) is 7.61. The maximum absolute atomic E-state index is 2.40. The van der Waals surface area contributed by atoms with Crippen molar-refractivity contribution in [2.24, 2.45) is 11.3 Å². The van der Waals surface area contributed by atoms with Crippen LogP contribution in [0.3, 0.4) is 0 Å². The van der Waals surface area contributed by atoms with E-state index in [1.807, 2.05) is 0 Å². The molecule has 1 atom stereocenters. The van der Waals surface area contributed by atoms with Crippen LogP contribution in [0.4, 0.5) is 0 Å². The summed E-state index contributed by atoms with van der Waals surface area (Å²) in [6.45, 7) is 7.12. The average Bonchev–Trinajstić information content (AvgIpc) is 1.87. The van der Waals surface area contributed by atoms with Crippen LogP contribution in [0.1, 0.15) is 40.0 Å². The largest absolute Gasteiger partial charge is 0.0735 e. The molecule has 3 aliphatic carbocycles. The molecular weight excluding hydrogens is 304 g/mol. The molecule has 0 aliphatic heterocycles. The monoisotopic (exact) mass is 320 g/mol. The fourth-order valence-corrected chi connectivity index (χ4v) is 2.61. The molecule has 2 bridgehead atoms. The summed E-state index contributed by atoms with van der Waals surface area (Å²) in [4.78, 5) is 0. The summed E-state index contributed by atoms with van der Waals surface area (Å²) < 4.78 is 0. The first-order chi connectivity index (χ1) is 4.62. The molecule has 0 amide bonds. The molecule has 0 aromatic carbocycles. The van der Waals surface area contributed by atoms with Gasteiger partial charge in [-0.1, -0.05) is 25.0 Å². The summed E-state index contributed by atoms with van der Waals surface area (Å²) in [5, 5.41) is 0. The van der Waals surface area contributed by atoms with Crippen LogP contribution in [-0.2, 0) is 21.1 Å². The van der Waals surface area contributed by atoms with Crippen LogP contribution in [-0.4, -0.2) is 0 Å². The Bertz CT molecular complexity index is 201. The van der Waals surface area contributed by atoms with E-state index in [9.17, 15) is 0 Å². The van der Waals surface area contributed by atoms with Crippen molar-refractivity contribution in [1.29, 1.82) is 0 Å². The molecule has 62 valence electrons. The van der Waals surface area contributed by atoms with Crippen molar-refractivity contribution in [1.82, 2.24) is 0 Å². The summed E-state index contributed by atoms with van der Waals surface area (Å²) in [5.41, 5.74) is 4.04. The van der Waals surface area contributed by atoms with E-state index in [0.29, 0.717) is 5.41 Å². The van der Waals surface area contributed by atoms with E-state index < -0.39 is 0 Å². The molecule has 3 rings (SSSR count). The molecule has 3 aliphatic rings. The van der Waals surface area contributed by atoms with Crippen LogP contribution in [0, 0.1) is 11.3 Å². The van der Waals surface area contributed by atoms with E-state index in [0.717, 1.165) is 5.92 Å². The predicted octanol–water partition coefficient (Wildman–Crippen LogP) is 3.14. The molecule has 0 aromatic rings. The van der Waals surface area contributed by atoms with Gasteiger partial charge in [0.05, 0.1) is 0 Å². The number of fused-ring (bicyclic) bond motifs is 2. The topological polar surface area (TPSA) is 0 Å². The number of hydrogen-bond donors (Lipinski definition) is 0. The molecule has 1 unspecified atom stereocenters. The summed E-state index contributed by atoms with van der Waals surface area (Å²) >= 11 is 0. The third kappa shape index (κ3) is 1.15. The van der Waals surface area contributed by atoms with Gasteiger partial charge in [0.1, 0.15) is 0 Å². The molecule has 11 heavy (non-hydrogen) atoms. The van der Waals surface area contributed by atoms with Crippen LogP contribution >= 0.6 is 0 Å².